The summed E-state index contributed by atoms with van der Waals surface area (Å²) in [5.41, 5.74) is 2.22. The van der Waals surface area contributed by atoms with E-state index in [4.69, 9.17) is 0 Å². The summed E-state index contributed by atoms with van der Waals surface area (Å²) in [6.45, 7) is 3.87. The Bertz CT molecular complexity index is 917. The van der Waals surface area contributed by atoms with Crippen LogP contribution in [-0.4, -0.2) is 39.7 Å². The first-order chi connectivity index (χ1) is 13.5. The summed E-state index contributed by atoms with van der Waals surface area (Å²) in [5, 5.41) is 0. The number of carbonyl (C=O) groups excluding carboxylic acids is 2. The molecule has 144 valence electrons. The summed E-state index contributed by atoms with van der Waals surface area (Å²) < 4.78 is 13.4. The predicted octanol–water partition coefficient (Wildman–Crippen LogP) is 3.23. The lowest BCUT2D eigenvalue weighted by atomic mass is 9.97. The number of carbonyl (C=O) groups is 2. The molecule has 0 spiro atoms. The van der Waals surface area contributed by atoms with E-state index in [2.05, 4.69) is 11.9 Å². The standard InChI is InChI=1S/C22H22FN3O2/c1-15-8-12-25(13-9-15)20-19(17-2-4-18(23)5-3-17)21(27)26(22(20)28)14-16-6-10-24-11-7-16/h2-7,10-11,15H,8-9,12-14H2,1H3. The topological polar surface area (TPSA) is 53.5 Å². The Kier molecular flexibility index (Phi) is 4.94. The van der Waals surface area contributed by atoms with Crippen LogP contribution in [0.3, 0.4) is 0 Å². The second-order valence-corrected chi connectivity index (χ2v) is 7.45. The third kappa shape index (κ3) is 3.42. The van der Waals surface area contributed by atoms with Gasteiger partial charge >= 0.3 is 0 Å². The van der Waals surface area contributed by atoms with Crippen LogP contribution >= 0.6 is 0 Å². The Morgan fingerprint density at radius 2 is 1.64 bits per heavy atom. The SMILES string of the molecule is CC1CCN(C2=C(c3ccc(F)cc3)C(=O)N(Cc3ccncc3)C2=O)CC1. The lowest BCUT2D eigenvalue weighted by molar-refractivity contribution is -0.138. The second-order valence-electron chi connectivity index (χ2n) is 7.45. The maximum absolute atomic E-state index is 13.4. The molecule has 1 fully saturated rings. The Hall–Kier alpha value is -3.02. The van der Waals surface area contributed by atoms with Crippen LogP contribution in [0.15, 0.2) is 54.5 Å². The number of benzene rings is 1. The summed E-state index contributed by atoms with van der Waals surface area (Å²) in [7, 11) is 0. The third-order valence-electron chi connectivity index (χ3n) is 5.47. The van der Waals surface area contributed by atoms with E-state index in [9.17, 15) is 14.0 Å². The van der Waals surface area contributed by atoms with E-state index in [-0.39, 0.29) is 24.2 Å². The number of aromatic nitrogens is 1. The van der Waals surface area contributed by atoms with Crippen LogP contribution in [0.4, 0.5) is 4.39 Å². The van der Waals surface area contributed by atoms with Gasteiger partial charge in [-0.3, -0.25) is 19.5 Å². The molecule has 0 aliphatic carbocycles. The van der Waals surface area contributed by atoms with E-state index in [1.807, 2.05) is 4.90 Å². The zero-order chi connectivity index (χ0) is 19.7. The highest BCUT2D eigenvalue weighted by atomic mass is 19.1. The van der Waals surface area contributed by atoms with Crippen LogP contribution < -0.4 is 0 Å². The smallest absolute Gasteiger partial charge is 0.278 e. The molecule has 0 atom stereocenters. The first-order valence-corrected chi connectivity index (χ1v) is 9.55. The summed E-state index contributed by atoms with van der Waals surface area (Å²) in [5.74, 6) is -0.382. The van der Waals surface area contributed by atoms with Crippen molar-refractivity contribution in [1.82, 2.24) is 14.8 Å². The Morgan fingerprint density at radius 1 is 1.00 bits per heavy atom. The zero-order valence-corrected chi connectivity index (χ0v) is 15.8. The number of piperidine rings is 1. The third-order valence-corrected chi connectivity index (χ3v) is 5.47. The number of hydrogen-bond donors (Lipinski definition) is 0. The predicted molar refractivity (Wildman–Crippen MR) is 103 cm³/mol. The largest absolute Gasteiger partial charge is 0.366 e. The normalized spacial score (nSPS) is 18.4. The van der Waals surface area contributed by atoms with E-state index in [0.717, 1.165) is 31.5 Å². The Morgan fingerprint density at radius 3 is 2.29 bits per heavy atom. The van der Waals surface area contributed by atoms with Crippen molar-refractivity contribution in [2.75, 3.05) is 13.1 Å². The van der Waals surface area contributed by atoms with Gasteiger partial charge in [-0.15, -0.1) is 0 Å². The number of nitrogens with zero attached hydrogens (tertiary/aromatic N) is 3. The molecule has 0 N–H and O–H groups in total. The number of hydrogen-bond acceptors (Lipinski definition) is 4. The van der Waals surface area contributed by atoms with Gasteiger partial charge in [0.05, 0.1) is 12.1 Å². The van der Waals surface area contributed by atoms with E-state index in [1.54, 1.807) is 36.7 Å². The van der Waals surface area contributed by atoms with Gasteiger partial charge in [0.2, 0.25) is 0 Å². The van der Waals surface area contributed by atoms with E-state index < -0.39 is 0 Å². The molecule has 2 amide bonds. The molecule has 0 bridgehead atoms. The molecule has 6 heteroatoms. The van der Waals surface area contributed by atoms with Crippen molar-refractivity contribution in [3.63, 3.8) is 0 Å². The molecule has 0 saturated carbocycles. The first kappa shape index (κ1) is 18.3. The van der Waals surface area contributed by atoms with Crippen LogP contribution in [0.2, 0.25) is 0 Å². The van der Waals surface area contributed by atoms with Gasteiger partial charge in [-0.05, 0) is 54.2 Å². The minimum Gasteiger partial charge on any atom is -0.366 e. The van der Waals surface area contributed by atoms with Crippen molar-refractivity contribution in [3.8, 4) is 0 Å². The fraction of sp³-hybridized carbons (Fsp3) is 0.318. The molecule has 28 heavy (non-hydrogen) atoms. The van der Waals surface area contributed by atoms with Gasteiger partial charge in [0.1, 0.15) is 11.5 Å². The van der Waals surface area contributed by atoms with E-state index in [0.29, 0.717) is 22.8 Å². The highest BCUT2D eigenvalue weighted by molar-refractivity contribution is 6.35. The Balaban J connectivity index is 1.72. The summed E-state index contributed by atoms with van der Waals surface area (Å²) in [4.78, 5) is 33.8. The molecule has 3 heterocycles. The molecule has 2 aromatic rings. The van der Waals surface area contributed by atoms with Crippen molar-refractivity contribution in [2.45, 2.75) is 26.3 Å². The molecular weight excluding hydrogens is 357 g/mol. The van der Waals surface area contributed by atoms with Crippen LogP contribution in [0.1, 0.15) is 30.9 Å². The van der Waals surface area contributed by atoms with Crippen molar-refractivity contribution in [2.24, 2.45) is 5.92 Å². The number of pyridine rings is 1. The van der Waals surface area contributed by atoms with Gasteiger partial charge in [-0.2, -0.15) is 0 Å². The van der Waals surface area contributed by atoms with Gasteiger partial charge in [0, 0.05) is 25.5 Å². The number of rotatable bonds is 4. The van der Waals surface area contributed by atoms with E-state index in [1.165, 1.54) is 17.0 Å². The number of amides is 2. The summed E-state index contributed by atoms with van der Waals surface area (Å²) >= 11 is 0. The molecule has 5 nitrogen and oxygen atoms in total. The first-order valence-electron chi connectivity index (χ1n) is 9.55. The van der Waals surface area contributed by atoms with Crippen LogP contribution in [0.25, 0.3) is 5.57 Å². The van der Waals surface area contributed by atoms with Gasteiger partial charge in [0.15, 0.2) is 0 Å². The molecular formula is C22H22FN3O2. The summed E-state index contributed by atoms with van der Waals surface area (Å²) in [6, 6.07) is 9.36. The zero-order valence-electron chi connectivity index (χ0n) is 15.8. The number of imide groups is 1. The van der Waals surface area contributed by atoms with Crippen LogP contribution in [0, 0.1) is 11.7 Å². The molecule has 1 aromatic heterocycles. The van der Waals surface area contributed by atoms with Gasteiger partial charge in [-0.1, -0.05) is 19.1 Å². The second kappa shape index (κ2) is 7.54. The minimum absolute atomic E-state index is 0.193. The molecule has 2 aliphatic rings. The van der Waals surface area contributed by atoms with Gasteiger partial charge in [-0.25, -0.2) is 4.39 Å². The fourth-order valence-electron chi connectivity index (χ4n) is 3.78. The highest BCUT2D eigenvalue weighted by Crippen LogP contribution is 2.34. The lowest BCUT2D eigenvalue weighted by Gasteiger charge is -2.32. The molecule has 2 aliphatic heterocycles. The number of likely N-dealkylation sites (tertiary alicyclic amines) is 1. The minimum atomic E-state index is -0.372. The highest BCUT2D eigenvalue weighted by Gasteiger charge is 2.42. The molecule has 0 unspecified atom stereocenters. The van der Waals surface area contributed by atoms with Gasteiger partial charge in [0.25, 0.3) is 11.8 Å². The maximum atomic E-state index is 13.4. The van der Waals surface area contributed by atoms with Crippen LogP contribution in [-0.2, 0) is 16.1 Å². The summed E-state index contributed by atoms with van der Waals surface area (Å²) in [6.07, 6.45) is 5.24. The molecule has 1 aromatic carbocycles. The number of halogens is 1. The Labute approximate surface area is 163 Å². The van der Waals surface area contributed by atoms with Crippen LogP contribution in [0.5, 0.6) is 0 Å². The lowest BCUT2D eigenvalue weighted by Crippen LogP contribution is -2.38. The average molecular weight is 379 g/mol. The van der Waals surface area contributed by atoms with Crippen molar-refractivity contribution < 1.29 is 14.0 Å². The molecule has 0 radical (unpaired) electrons. The average Bonchev–Trinajstić information content (AvgIpc) is 2.95. The quantitative estimate of drug-likeness (QED) is 0.766. The van der Waals surface area contributed by atoms with Crippen molar-refractivity contribution in [1.29, 1.82) is 0 Å². The van der Waals surface area contributed by atoms with E-state index >= 15 is 0 Å². The van der Waals surface area contributed by atoms with Crippen molar-refractivity contribution in [3.05, 3.63) is 71.4 Å². The fourth-order valence-corrected chi connectivity index (χ4v) is 3.78. The maximum Gasteiger partial charge on any atom is 0.278 e. The molecule has 1 saturated heterocycles. The van der Waals surface area contributed by atoms with Crippen molar-refractivity contribution >= 4 is 17.4 Å². The monoisotopic (exact) mass is 379 g/mol. The molecule has 4 rings (SSSR count). The van der Waals surface area contributed by atoms with Gasteiger partial charge < -0.3 is 4.90 Å².